The molecule has 0 radical (unpaired) electrons. The van der Waals surface area contributed by atoms with Gasteiger partial charge in [0.15, 0.2) is 5.82 Å². The zero-order chi connectivity index (χ0) is 29.8. The first kappa shape index (κ1) is 28.6. The number of rotatable bonds is 9. The highest BCUT2D eigenvalue weighted by molar-refractivity contribution is 6.33. The van der Waals surface area contributed by atoms with Crippen molar-refractivity contribution in [1.29, 1.82) is 0 Å². The Bertz CT molecular complexity index is 1810. The molecule has 0 saturated heterocycles. The number of carbonyl (C=O) groups excluding carboxylic acids is 1. The molecule has 0 fully saturated rings. The number of esters is 1. The number of nitrogens with zero attached hydrogens (tertiary/aromatic N) is 4. The van der Waals surface area contributed by atoms with Crippen molar-refractivity contribution in [1.82, 2.24) is 19.5 Å². The highest BCUT2D eigenvalue weighted by atomic mass is 35.5. The number of hydrogen-bond donors (Lipinski definition) is 3. The predicted molar refractivity (Wildman–Crippen MR) is 165 cm³/mol. The van der Waals surface area contributed by atoms with E-state index in [-0.39, 0.29) is 11.5 Å². The van der Waals surface area contributed by atoms with Crippen LogP contribution in [0.15, 0.2) is 77.6 Å². The van der Waals surface area contributed by atoms with Crippen LogP contribution in [0, 0.1) is 6.92 Å². The van der Waals surface area contributed by atoms with E-state index in [1.165, 1.54) is 7.11 Å². The Morgan fingerprint density at radius 2 is 1.76 bits per heavy atom. The summed E-state index contributed by atoms with van der Waals surface area (Å²) >= 11 is 6.51. The number of carbonyl (C=O) groups is 1. The van der Waals surface area contributed by atoms with Gasteiger partial charge in [-0.2, -0.15) is 4.98 Å². The van der Waals surface area contributed by atoms with Crippen molar-refractivity contribution < 1.29 is 9.53 Å². The maximum atomic E-state index is 14.3. The van der Waals surface area contributed by atoms with Crippen molar-refractivity contribution in [3.8, 4) is 5.69 Å². The molecular formula is C31H30ClN7O3. The van der Waals surface area contributed by atoms with Crippen LogP contribution in [0.25, 0.3) is 16.6 Å². The first-order chi connectivity index (χ1) is 20.3. The van der Waals surface area contributed by atoms with E-state index in [4.69, 9.17) is 27.1 Å². The predicted octanol–water partition coefficient (Wildman–Crippen LogP) is 5.68. The fourth-order valence-corrected chi connectivity index (χ4v) is 4.86. The lowest BCUT2D eigenvalue weighted by atomic mass is 10.1. The smallest absolute Gasteiger partial charge is 0.337 e. The molecule has 42 heavy (non-hydrogen) atoms. The number of methoxy groups -OCH3 is 1. The van der Waals surface area contributed by atoms with Gasteiger partial charge in [-0.1, -0.05) is 54.9 Å². The number of benzene rings is 3. The van der Waals surface area contributed by atoms with Crippen molar-refractivity contribution in [2.45, 2.75) is 32.9 Å². The number of ether oxygens (including phenoxy) is 1. The molecule has 2 aromatic heterocycles. The van der Waals surface area contributed by atoms with E-state index in [0.29, 0.717) is 63.2 Å². The first-order valence-electron chi connectivity index (χ1n) is 13.4. The maximum Gasteiger partial charge on any atom is 0.337 e. The Hall–Kier alpha value is -4.96. The van der Waals surface area contributed by atoms with Crippen LogP contribution in [0.4, 0.5) is 17.5 Å². The molecule has 2 heterocycles. The number of hydrogen-bond acceptors (Lipinski definition) is 9. The Labute approximate surface area is 247 Å². The topological polar surface area (TPSA) is 137 Å². The van der Waals surface area contributed by atoms with Gasteiger partial charge in [0.1, 0.15) is 10.8 Å². The lowest BCUT2D eigenvalue weighted by Crippen LogP contribution is -2.29. The fraction of sp³-hybridized carbons (Fsp3) is 0.194. The van der Waals surface area contributed by atoms with Crippen molar-refractivity contribution in [2.75, 3.05) is 23.5 Å². The lowest BCUT2D eigenvalue weighted by molar-refractivity contribution is 0.0600. The molecule has 5 rings (SSSR count). The largest absolute Gasteiger partial charge is 0.465 e. The second-order valence-electron chi connectivity index (χ2n) is 9.62. The molecule has 0 aliphatic heterocycles. The minimum Gasteiger partial charge on any atom is -0.465 e. The van der Waals surface area contributed by atoms with Gasteiger partial charge >= 0.3 is 5.97 Å². The van der Waals surface area contributed by atoms with Gasteiger partial charge in [-0.15, -0.1) is 0 Å². The number of fused-ring (bicyclic) bond motifs is 1. The quantitative estimate of drug-likeness (QED) is 0.187. The Kier molecular flexibility index (Phi) is 8.35. The minimum absolute atomic E-state index is 0.0943. The molecule has 10 nitrogen and oxygen atoms in total. The van der Waals surface area contributed by atoms with Crippen molar-refractivity contribution >= 4 is 45.9 Å². The minimum atomic E-state index is -0.432. The third-order valence-corrected chi connectivity index (χ3v) is 7.31. The average molecular weight is 584 g/mol. The molecule has 0 saturated carbocycles. The van der Waals surface area contributed by atoms with E-state index in [2.05, 4.69) is 20.6 Å². The average Bonchev–Trinajstić information content (AvgIpc) is 3.01. The van der Waals surface area contributed by atoms with Gasteiger partial charge in [0.25, 0.3) is 5.56 Å². The summed E-state index contributed by atoms with van der Waals surface area (Å²) in [4.78, 5) is 39.5. The third kappa shape index (κ3) is 5.75. The van der Waals surface area contributed by atoms with Gasteiger partial charge in [0, 0.05) is 12.2 Å². The molecule has 0 bridgehead atoms. The summed E-state index contributed by atoms with van der Waals surface area (Å²) in [6.07, 6.45) is 0.573. The molecular weight excluding hydrogens is 554 g/mol. The second-order valence-corrected chi connectivity index (χ2v) is 10.0. The van der Waals surface area contributed by atoms with Crippen LogP contribution in [0.3, 0.4) is 0 Å². The standard InChI is InChI=1S/C31H30ClN7O3/c1-4-22(36-27-26(32)18(2)35-31(33)38-27)28-37-24-12-8-11-23(25(24)29(40)39(28)21-9-6-5-7-10-21)34-17-19-13-15-20(16-14-19)30(41)42-3/h5-16,22,34H,4,17H2,1-3H3,(H3,33,35,36,38)/t22-/m0/s1. The molecule has 4 N–H and O–H groups in total. The fourth-order valence-electron chi connectivity index (χ4n) is 4.72. The molecule has 0 aliphatic rings. The summed E-state index contributed by atoms with van der Waals surface area (Å²) in [5.74, 6) is 0.572. The number of halogens is 1. The summed E-state index contributed by atoms with van der Waals surface area (Å²) in [5.41, 5.74) is 9.46. The Balaban J connectivity index is 1.59. The highest BCUT2D eigenvalue weighted by Crippen LogP contribution is 2.30. The molecule has 5 aromatic rings. The number of nitrogens with one attached hydrogen (secondary N) is 2. The molecule has 3 aromatic carbocycles. The molecule has 0 aliphatic carbocycles. The van der Waals surface area contributed by atoms with E-state index < -0.39 is 12.0 Å². The third-order valence-electron chi connectivity index (χ3n) is 6.86. The molecule has 1 atom stereocenters. The van der Waals surface area contributed by atoms with Crippen LogP contribution in [0.1, 0.15) is 46.8 Å². The van der Waals surface area contributed by atoms with Crippen molar-refractivity contribution in [3.63, 3.8) is 0 Å². The summed E-state index contributed by atoms with van der Waals surface area (Å²) in [6.45, 7) is 4.17. The van der Waals surface area contributed by atoms with E-state index in [0.717, 1.165) is 5.56 Å². The van der Waals surface area contributed by atoms with Crippen molar-refractivity contribution in [2.24, 2.45) is 0 Å². The van der Waals surface area contributed by atoms with Crippen LogP contribution < -0.4 is 21.9 Å². The molecule has 0 amide bonds. The number of para-hydroxylation sites is 1. The SMILES string of the molecule is CC[C@H](Nc1nc(N)nc(C)c1Cl)c1nc2cccc(NCc3ccc(C(=O)OC)cc3)c2c(=O)n1-c1ccccc1. The van der Waals surface area contributed by atoms with E-state index in [9.17, 15) is 9.59 Å². The molecule has 0 spiro atoms. The summed E-state index contributed by atoms with van der Waals surface area (Å²) in [6, 6.07) is 21.6. The monoisotopic (exact) mass is 583 g/mol. The zero-order valence-electron chi connectivity index (χ0n) is 23.4. The summed E-state index contributed by atoms with van der Waals surface area (Å²) in [5, 5.41) is 7.52. The molecule has 11 heteroatoms. The van der Waals surface area contributed by atoms with Gasteiger partial charge in [0.2, 0.25) is 5.95 Å². The van der Waals surface area contributed by atoms with Crippen LogP contribution in [-0.2, 0) is 11.3 Å². The number of anilines is 3. The molecule has 0 unspecified atom stereocenters. The van der Waals surface area contributed by atoms with Gasteiger partial charge in [0.05, 0.1) is 41.0 Å². The van der Waals surface area contributed by atoms with Crippen LogP contribution in [-0.4, -0.2) is 32.6 Å². The zero-order valence-corrected chi connectivity index (χ0v) is 24.1. The normalized spacial score (nSPS) is 11.7. The summed E-state index contributed by atoms with van der Waals surface area (Å²) < 4.78 is 6.39. The summed E-state index contributed by atoms with van der Waals surface area (Å²) in [7, 11) is 1.35. The van der Waals surface area contributed by atoms with E-state index >= 15 is 0 Å². The Morgan fingerprint density at radius 1 is 1.02 bits per heavy atom. The number of nitrogen functional groups attached to an aromatic ring is 1. The van der Waals surface area contributed by atoms with Crippen LogP contribution in [0.2, 0.25) is 5.02 Å². The second kappa shape index (κ2) is 12.3. The van der Waals surface area contributed by atoms with Crippen LogP contribution >= 0.6 is 11.6 Å². The van der Waals surface area contributed by atoms with Gasteiger partial charge in [-0.25, -0.2) is 14.8 Å². The highest BCUT2D eigenvalue weighted by Gasteiger charge is 2.23. The van der Waals surface area contributed by atoms with Crippen LogP contribution in [0.5, 0.6) is 0 Å². The first-order valence-corrected chi connectivity index (χ1v) is 13.8. The van der Waals surface area contributed by atoms with Gasteiger partial charge in [-0.05, 0) is 55.3 Å². The Morgan fingerprint density at radius 3 is 2.45 bits per heavy atom. The molecule has 214 valence electrons. The van der Waals surface area contributed by atoms with Crippen molar-refractivity contribution in [3.05, 3.63) is 111 Å². The maximum absolute atomic E-state index is 14.3. The number of aryl methyl sites for hydroxylation is 1. The number of nitrogens with two attached hydrogens (primary N) is 1. The number of aromatic nitrogens is 4. The van der Waals surface area contributed by atoms with Gasteiger partial charge < -0.3 is 21.1 Å². The van der Waals surface area contributed by atoms with E-state index in [1.807, 2.05) is 67.6 Å². The lowest BCUT2D eigenvalue weighted by Gasteiger charge is -2.23. The van der Waals surface area contributed by atoms with Gasteiger partial charge in [-0.3, -0.25) is 9.36 Å². The van der Waals surface area contributed by atoms with E-state index in [1.54, 1.807) is 23.6 Å².